The molecule has 7 unspecified atom stereocenters. The third-order valence-corrected chi connectivity index (χ3v) is 10.8. The average Bonchev–Trinajstić information content (AvgIpc) is 3.83. The number of alkyl halides is 2. The number of hydrogen-bond acceptors (Lipinski definition) is 7. The number of fused-ring (bicyclic) bond motifs is 1. The lowest BCUT2D eigenvalue weighted by molar-refractivity contribution is -0.138. The number of aliphatic carboxylic acids is 1. The van der Waals surface area contributed by atoms with Gasteiger partial charge in [0.05, 0.1) is 6.61 Å². The molecule has 0 aromatic carbocycles. The Morgan fingerprint density at radius 2 is 1.52 bits per heavy atom. The summed E-state index contributed by atoms with van der Waals surface area (Å²) in [6.07, 6.45) is 8.81. The lowest BCUT2D eigenvalue weighted by Gasteiger charge is -2.50. The SMILES string of the molecule is O=C(NC1CCC(N2CCN(C3CC4C(CC3F)C(=O)C(C(=O)O)=CN4C3CC3)CC2)C(F)C1)OCC1CCCCC1. The molecule has 9 nitrogen and oxygen atoms in total. The van der Waals surface area contributed by atoms with Crippen LogP contribution in [0.2, 0.25) is 0 Å². The van der Waals surface area contributed by atoms with Gasteiger partial charge in [-0.15, -0.1) is 0 Å². The van der Waals surface area contributed by atoms with Crippen molar-refractivity contribution < 1.29 is 33.0 Å². The van der Waals surface area contributed by atoms with E-state index in [0.29, 0.717) is 58.0 Å². The predicted octanol–water partition coefficient (Wildman–Crippen LogP) is 3.67. The highest BCUT2D eigenvalue weighted by Crippen LogP contribution is 2.43. The molecule has 0 bridgehead atoms. The quantitative estimate of drug-likeness (QED) is 0.432. The predicted molar refractivity (Wildman–Crippen MR) is 151 cm³/mol. The van der Waals surface area contributed by atoms with Crippen LogP contribution in [0.4, 0.5) is 13.6 Å². The number of carboxylic acids is 1. The molecule has 6 rings (SSSR count). The van der Waals surface area contributed by atoms with Crippen LogP contribution in [0.3, 0.4) is 0 Å². The van der Waals surface area contributed by atoms with E-state index in [-0.39, 0.29) is 48.6 Å². The van der Waals surface area contributed by atoms with Crippen LogP contribution in [0.25, 0.3) is 0 Å². The number of hydrogen-bond donors (Lipinski definition) is 2. The van der Waals surface area contributed by atoms with Gasteiger partial charge in [-0.25, -0.2) is 18.4 Å². The standard InChI is InChI=1S/C31H46F2N4O5/c32-24-14-20(34-31(41)42-18-19-4-2-1-3-5-19)6-9-26(24)35-10-12-36(13-11-35)28-16-27-22(15-25(28)33)29(38)23(30(39)40)17-37(27)21-7-8-21/h17,19-22,24-28H,1-16,18H2,(H,34,41)(H,39,40). The second-order valence-corrected chi connectivity index (χ2v) is 13.5. The minimum absolute atomic E-state index is 0.0505. The molecular formula is C31H46F2N4O5. The van der Waals surface area contributed by atoms with E-state index in [1.165, 1.54) is 25.5 Å². The van der Waals surface area contributed by atoms with Crippen LogP contribution >= 0.6 is 0 Å². The van der Waals surface area contributed by atoms with Crippen LogP contribution < -0.4 is 5.32 Å². The van der Waals surface area contributed by atoms with Crippen LogP contribution in [0, 0.1) is 11.8 Å². The van der Waals surface area contributed by atoms with E-state index in [0.717, 1.165) is 25.7 Å². The van der Waals surface area contributed by atoms with Crippen LogP contribution in [0.15, 0.2) is 11.8 Å². The molecule has 0 aromatic rings. The minimum Gasteiger partial charge on any atom is -0.478 e. The summed E-state index contributed by atoms with van der Waals surface area (Å²) >= 11 is 0. The van der Waals surface area contributed by atoms with E-state index in [1.807, 2.05) is 4.90 Å². The lowest BCUT2D eigenvalue weighted by Crippen LogP contribution is -2.62. The van der Waals surface area contributed by atoms with E-state index >= 15 is 8.78 Å². The summed E-state index contributed by atoms with van der Waals surface area (Å²) in [6.45, 7) is 3.01. The molecule has 0 radical (unpaired) electrons. The minimum atomic E-state index is -1.23. The molecule has 0 spiro atoms. The van der Waals surface area contributed by atoms with Crippen LogP contribution in [-0.2, 0) is 14.3 Å². The Hall–Kier alpha value is -2.27. The third kappa shape index (κ3) is 6.47. The van der Waals surface area contributed by atoms with Gasteiger partial charge in [-0.05, 0) is 57.3 Å². The molecule has 7 atom stereocenters. The van der Waals surface area contributed by atoms with Crippen molar-refractivity contribution in [3.63, 3.8) is 0 Å². The highest BCUT2D eigenvalue weighted by Gasteiger charge is 2.51. The summed E-state index contributed by atoms with van der Waals surface area (Å²) < 4.78 is 36.4. The van der Waals surface area contributed by atoms with E-state index in [4.69, 9.17) is 4.74 Å². The first-order chi connectivity index (χ1) is 20.3. The highest BCUT2D eigenvalue weighted by molar-refractivity contribution is 6.18. The Kier molecular flexibility index (Phi) is 9.05. The van der Waals surface area contributed by atoms with Gasteiger partial charge in [-0.3, -0.25) is 14.6 Å². The zero-order valence-electron chi connectivity index (χ0n) is 24.5. The first-order valence-corrected chi connectivity index (χ1v) is 16.2. The molecule has 1 saturated heterocycles. The summed E-state index contributed by atoms with van der Waals surface area (Å²) in [5.41, 5.74) is -0.218. The van der Waals surface area contributed by atoms with Crippen LogP contribution in [0.5, 0.6) is 0 Å². The second-order valence-electron chi connectivity index (χ2n) is 13.5. The molecule has 5 fully saturated rings. The fourth-order valence-corrected chi connectivity index (χ4v) is 8.32. The van der Waals surface area contributed by atoms with Gasteiger partial charge >= 0.3 is 12.1 Å². The molecule has 4 saturated carbocycles. The molecule has 2 heterocycles. The number of rotatable bonds is 7. The lowest BCUT2D eigenvalue weighted by atomic mass is 9.73. The van der Waals surface area contributed by atoms with Crippen molar-refractivity contribution >= 4 is 17.8 Å². The van der Waals surface area contributed by atoms with Gasteiger partial charge in [0.1, 0.15) is 17.9 Å². The fraction of sp³-hybridized carbons (Fsp3) is 0.839. The van der Waals surface area contributed by atoms with Gasteiger partial charge in [0.15, 0.2) is 5.78 Å². The van der Waals surface area contributed by atoms with Crippen molar-refractivity contribution in [2.45, 2.75) is 120 Å². The van der Waals surface area contributed by atoms with Crippen LogP contribution in [-0.4, -0.2) is 113 Å². The number of nitrogens with one attached hydrogen (secondary N) is 1. The van der Waals surface area contributed by atoms with Gasteiger partial charge in [-0.2, -0.15) is 0 Å². The molecule has 6 aliphatic rings. The number of alkyl carbamates (subject to hydrolysis) is 1. The van der Waals surface area contributed by atoms with E-state index < -0.39 is 36.1 Å². The first-order valence-electron chi connectivity index (χ1n) is 16.2. The normalized spacial score (nSPS) is 37.1. The number of carboxylic acid groups (broad SMARTS) is 1. The molecule has 1 amide bonds. The zero-order valence-corrected chi connectivity index (χ0v) is 24.5. The van der Waals surface area contributed by atoms with Gasteiger partial charge in [-0.1, -0.05) is 19.3 Å². The number of carbonyl (C=O) groups excluding carboxylic acids is 2. The summed E-state index contributed by atoms with van der Waals surface area (Å²) in [4.78, 5) is 43.3. The van der Waals surface area contributed by atoms with Crippen molar-refractivity contribution in [2.75, 3.05) is 32.8 Å². The first kappa shape index (κ1) is 29.8. The number of piperazine rings is 1. The fourth-order valence-electron chi connectivity index (χ4n) is 8.32. The number of nitrogens with zero attached hydrogens (tertiary/aromatic N) is 3. The Morgan fingerprint density at radius 3 is 2.17 bits per heavy atom. The van der Waals surface area contributed by atoms with Gasteiger partial charge in [0.2, 0.25) is 0 Å². The highest BCUT2D eigenvalue weighted by atomic mass is 19.1. The Bertz CT molecular complexity index is 1040. The Morgan fingerprint density at radius 1 is 0.857 bits per heavy atom. The summed E-state index contributed by atoms with van der Waals surface area (Å²) in [6, 6.07) is -0.694. The third-order valence-electron chi connectivity index (χ3n) is 10.8. The van der Waals surface area contributed by atoms with Crippen molar-refractivity contribution in [1.82, 2.24) is 20.0 Å². The van der Waals surface area contributed by atoms with Crippen LogP contribution in [0.1, 0.15) is 77.0 Å². The maximum Gasteiger partial charge on any atom is 0.407 e. The maximum atomic E-state index is 15.6. The number of ether oxygens (including phenoxy) is 1. The zero-order chi connectivity index (χ0) is 29.4. The molecule has 2 aliphatic heterocycles. The number of carbonyl (C=O) groups is 3. The van der Waals surface area contributed by atoms with Crippen molar-refractivity contribution in [1.29, 1.82) is 0 Å². The van der Waals surface area contributed by atoms with Crippen molar-refractivity contribution in [2.24, 2.45) is 11.8 Å². The molecule has 4 aliphatic carbocycles. The summed E-state index contributed by atoms with van der Waals surface area (Å²) in [5, 5.41) is 12.4. The van der Waals surface area contributed by atoms with Gasteiger partial charge in [0.25, 0.3) is 0 Å². The maximum absolute atomic E-state index is 15.6. The van der Waals surface area contributed by atoms with Crippen molar-refractivity contribution in [3.05, 3.63) is 11.8 Å². The summed E-state index contributed by atoms with van der Waals surface area (Å²) in [5.74, 6) is -1.84. The Labute approximate surface area is 247 Å². The van der Waals surface area contributed by atoms with E-state index in [9.17, 15) is 19.5 Å². The second kappa shape index (κ2) is 12.8. The molecule has 42 heavy (non-hydrogen) atoms. The van der Waals surface area contributed by atoms with E-state index in [1.54, 1.807) is 0 Å². The number of amides is 1. The van der Waals surface area contributed by atoms with Crippen molar-refractivity contribution in [3.8, 4) is 0 Å². The van der Waals surface area contributed by atoms with Gasteiger partial charge in [0, 0.05) is 74.9 Å². The smallest absolute Gasteiger partial charge is 0.407 e. The number of ketones is 1. The monoisotopic (exact) mass is 592 g/mol. The largest absolute Gasteiger partial charge is 0.478 e. The van der Waals surface area contributed by atoms with E-state index in [2.05, 4.69) is 15.1 Å². The number of Topliss-reactive ketones (excluding diaryl/α,β-unsaturated/α-hetero) is 1. The molecule has 0 aromatic heterocycles. The summed E-state index contributed by atoms with van der Waals surface area (Å²) in [7, 11) is 0. The molecular weight excluding hydrogens is 546 g/mol. The molecule has 234 valence electrons. The van der Waals surface area contributed by atoms with Gasteiger partial charge < -0.3 is 20.1 Å². The topological polar surface area (TPSA) is 102 Å². The average molecular weight is 593 g/mol. The molecule has 11 heteroatoms. The molecule has 2 N–H and O–H groups in total. The Balaban J connectivity index is 0.978. The number of halogens is 2.